The summed E-state index contributed by atoms with van der Waals surface area (Å²) in [6, 6.07) is 31.0. The first-order valence-corrected chi connectivity index (χ1v) is 14.9. The molecule has 1 aliphatic rings. The Morgan fingerprint density at radius 1 is 0.857 bits per heavy atom. The smallest absolute Gasteiger partial charge is 0.174 e. The van der Waals surface area contributed by atoms with Gasteiger partial charge in [0.1, 0.15) is 11.5 Å². The zero-order valence-electron chi connectivity index (χ0n) is 24.8. The normalized spacial score (nSPS) is 16.5. The van der Waals surface area contributed by atoms with Crippen molar-refractivity contribution in [1.29, 1.82) is 0 Å². The molecule has 6 rings (SSSR count). The van der Waals surface area contributed by atoms with Crippen molar-refractivity contribution in [2.45, 2.75) is 53.1 Å². The second kappa shape index (κ2) is 11.5. The van der Waals surface area contributed by atoms with Gasteiger partial charge in [0.15, 0.2) is 5.11 Å². The minimum atomic E-state index is -0.113. The Morgan fingerprint density at radius 2 is 1.60 bits per heavy atom. The minimum absolute atomic E-state index is 0.0930. The second-order valence-corrected chi connectivity index (χ2v) is 11.3. The van der Waals surface area contributed by atoms with E-state index < -0.39 is 0 Å². The van der Waals surface area contributed by atoms with Crippen LogP contribution in [0.25, 0.3) is 5.69 Å². The van der Waals surface area contributed by atoms with Gasteiger partial charge < -0.3 is 19.5 Å². The average Bonchev–Trinajstić information content (AvgIpc) is 3.49. The average molecular weight is 573 g/mol. The van der Waals surface area contributed by atoms with E-state index in [1.807, 2.05) is 48.7 Å². The lowest BCUT2D eigenvalue weighted by atomic mass is 9.96. The van der Waals surface area contributed by atoms with Crippen molar-refractivity contribution in [3.63, 3.8) is 0 Å². The van der Waals surface area contributed by atoms with Gasteiger partial charge in [-0.15, -0.1) is 0 Å². The van der Waals surface area contributed by atoms with Gasteiger partial charge in [-0.25, -0.2) is 0 Å². The molecule has 1 fully saturated rings. The van der Waals surface area contributed by atoms with Crippen LogP contribution < -0.4 is 15.0 Å². The molecule has 0 bridgehead atoms. The number of nitrogens with one attached hydrogen (secondary N) is 1. The summed E-state index contributed by atoms with van der Waals surface area (Å²) in [4.78, 5) is 6.98. The number of aryl methyl sites for hydroxylation is 4. The van der Waals surface area contributed by atoms with E-state index in [-0.39, 0.29) is 12.1 Å². The van der Waals surface area contributed by atoms with Crippen LogP contribution in [0.2, 0.25) is 0 Å². The van der Waals surface area contributed by atoms with Gasteiger partial charge in [-0.2, -0.15) is 0 Å². The van der Waals surface area contributed by atoms with E-state index in [4.69, 9.17) is 21.9 Å². The maximum atomic E-state index is 6.20. The van der Waals surface area contributed by atoms with E-state index in [1.54, 1.807) is 0 Å². The first-order chi connectivity index (χ1) is 20.4. The molecule has 0 saturated carbocycles. The van der Waals surface area contributed by atoms with Crippen LogP contribution >= 0.6 is 12.2 Å². The molecule has 1 N–H and O–H groups in total. The van der Waals surface area contributed by atoms with Crippen molar-refractivity contribution in [3.05, 3.63) is 137 Å². The third-order valence-electron chi connectivity index (χ3n) is 8.25. The highest BCUT2D eigenvalue weighted by molar-refractivity contribution is 7.80. The number of pyridine rings is 1. The molecule has 0 amide bonds. The molecule has 2 aromatic heterocycles. The first kappa shape index (κ1) is 27.7. The summed E-state index contributed by atoms with van der Waals surface area (Å²) in [5.41, 5.74) is 10.6. The van der Waals surface area contributed by atoms with Crippen molar-refractivity contribution in [2.75, 3.05) is 4.90 Å². The maximum Gasteiger partial charge on any atom is 0.174 e. The molecule has 3 aromatic carbocycles. The number of anilines is 1. The Morgan fingerprint density at radius 3 is 2.31 bits per heavy atom. The Kier molecular flexibility index (Phi) is 7.56. The number of para-hydroxylation sites is 2. The van der Waals surface area contributed by atoms with Crippen molar-refractivity contribution in [3.8, 4) is 17.2 Å². The molecule has 5 nitrogen and oxygen atoms in total. The molecular formula is C36H36N4OS. The molecule has 0 unspecified atom stereocenters. The molecule has 212 valence electrons. The summed E-state index contributed by atoms with van der Waals surface area (Å²) in [5, 5.41) is 4.29. The molecule has 0 radical (unpaired) electrons. The third-order valence-corrected chi connectivity index (χ3v) is 8.56. The number of aromatic nitrogens is 2. The molecule has 1 aliphatic heterocycles. The standard InChI is InChI=1S/C36H36N4OS/c1-6-27-14-11-13-24(3)34(27)39-25(4)22-30(26(39)5)35-33(31-15-9-10-21-37-31)38-36(42)40(35)28-17-19-29(20-18-28)41-32-16-8-7-12-23(32)2/h7-22,33,35H,6H2,1-5H3,(H,38,42)/t33-,35+/m1/s1. The van der Waals surface area contributed by atoms with E-state index in [9.17, 15) is 0 Å². The SMILES string of the molecule is CCc1cccc(C)c1-n1c(C)cc([C@H]2[C@@H](c3ccccn3)NC(=S)N2c2ccc(Oc3ccccc3C)cc2)c1C. The van der Waals surface area contributed by atoms with Crippen LogP contribution in [0.1, 0.15) is 58.3 Å². The second-order valence-electron chi connectivity index (χ2n) is 11.0. The van der Waals surface area contributed by atoms with E-state index in [2.05, 4.69) is 97.9 Å². The third kappa shape index (κ3) is 4.96. The maximum absolute atomic E-state index is 6.20. The predicted octanol–water partition coefficient (Wildman–Crippen LogP) is 8.64. The number of benzene rings is 3. The number of rotatable bonds is 7. The monoisotopic (exact) mass is 572 g/mol. The van der Waals surface area contributed by atoms with Crippen molar-refractivity contribution >= 4 is 23.0 Å². The largest absolute Gasteiger partial charge is 0.457 e. The van der Waals surface area contributed by atoms with Gasteiger partial charge in [-0.1, -0.05) is 49.4 Å². The summed E-state index contributed by atoms with van der Waals surface area (Å²) in [6.45, 7) is 10.9. The zero-order valence-corrected chi connectivity index (χ0v) is 25.6. The molecule has 1 saturated heterocycles. The van der Waals surface area contributed by atoms with Crippen molar-refractivity contribution in [1.82, 2.24) is 14.9 Å². The van der Waals surface area contributed by atoms with Gasteiger partial charge in [0.05, 0.1) is 23.5 Å². The summed E-state index contributed by atoms with van der Waals surface area (Å²) in [6.07, 6.45) is 2.82. The van der Waals surface area contributed by atoms with Crippen LogP contribution in [-0.2, 0) is 6.42 Å². The lowest BCUT2D eigenvalue weighted by Crippen LogP contribution is -2.29. The topological polar surface area (TPSA) is 42.3 Å². The first-order valence-electron chi connectivity index (χ1n) is 14.5. The highest BCUT2D eigenvalue weighted by Gasteiger charge is 2.42. The number of hydrogen-bond acceptors (Lipinski definition) is 3. The van der Waals surface area contributed by atoms with E-state index >= 15 is 0 Å². The Bertz CT molecular complexity index is 1740. The molecule has 6 heteroatoms. The highest BCUT2D eigenvalue weighted by Crippen LogP contribution is 2.44. The van der Waals surface area contributed by atoms with Crippen LogP contribution in [0, 0.1) is 27.7 Å². The lowest BCUT2D eigenvalue weighted by Gasteiger charge is -2.28. The number of nitrogens with zero attached hydrogens (tertiary/aromatic N) is 3. The van der Waals surface area contributed by atoms with Gasteiger partial charge in [0.25, 0.3) is 0 Å². The molecule has 0 aliphatic carbocycles. The van der Waals surface area contributed by atoms with E-state index in [0.717, 1.165) is 34.9 Å². The number of thiocarbonyl (C=S) groups is 1. The van der Waals surface area contributed by atoms with Crippen LogP contribution in [-0.4, -0.2) is 14.7 Å². The minimum Gasteiger partial charge on any atom is -0.457 e. The zero-order chi connectivity index (χ0) is 29.4. The quantitative estimate of drug-likeness (QED) is 0.198. The fraction of sp³-hybridized carbons (Fsp3) is 0.222. The molecule has 2 atom stereocenters. The summed E-state index contributed by atoms with van der Waals surface area (Å²) < 4.78 is 8.61. The highest BCUT2D eigenvalue weighted by atomic mass is 32.1. The fourth-order valence-corrected chi connectivity index (χ4v) is 6.52. The lowest BCUT2D eigenvalue weighted by molar-refractivity contribution is 0.479. The van der Waals surface area contributed by atoms with Crippen LogP contribution in [0.3, 0.4) is 0 Å². The van der Waals surface area contributed by atoms with E-state index in [1.165, 1.54) is 33.8 Å². The van der Waals surface area contributed by atoms with E-state index in [0.29, 0.717) is 5.11 Å². The van der Waals surface area contributed by atoms with Crippen LogP contribution in [0.4, 0.5) is 5.69 Å². The van der Waals surface area contributed by atoms with Crippen molar-refractivity contribution in [2.24, 2.45) is 0 Å². The predicted molar refractivity (Wildman–Crippen MR) is 175 cm³/mol. The van der Waals surface area contributed by atoms with Crippen molar-refractivity contribution < 1.29 is 4.74 Å². The van der Waals surface area contributed by atoms with Crippen LogP contribution in [0.15, 0.2) is 97.2 Å². The summed E-state index contributed by atoms with van der Waals surface area (Å²) >= 11 is 6.02. The molecule has 5 aromatic rings. The Hall–Kier alpha value is -4.42. The Balaban J connectivity index is 1.44. The molecule has 0 spiro atoms. The summed E-state index contributed by atoms with van der Waals surface area (Å²) in [5.74, 6) is 1.64. The molecular weight excluding hydrogens is 536 g/mol. The van der Waals surface area contributed by atoms with Gasteiger partial charge in [-0.05, 0) is 117 Å². The fourth-order valence-electron chi connectivity index (χ4n) is 6.18. The molecule has 42 heavy (non-hydrogen) atoms. The van der Waals surface area contributed by atoms with Gasteiger partial charge in [0, 0.05) is 23.3 Å². The molecule has 3 heterocycles. The summed E-state index contributed by atoms with van der Waals surface area (Å²) in [7, 11) is 0. The van der Waals surface area contributed by atoms with Crippen LogP contribution in [0.5, 0.6) is 11.5 Å². The number of ether oxygens (including phenoxy) is 1. The van der Waals surface area contributed by atoms with Gasteiger partial charge in [0.2, 0.25) is 0 Å². The Labute approximate surface area is 253 Å². The number of hydrogen-bond donors (Lipinski definition) is 1. The van der Waals surface area contributed by atoms with Gasteiger partial charge >= 0.3 is 0 Å². The van der Waals surface area contributed by atoms with Gasteiger partial charge in [-0.3, -0.25) is 4.98 Å².